The van der Waals surface area contributed by atoms with Gasteiger partial charge in [0, 0.05) is 44.8 Å². The normalized spacial score (nSPS) is 17.7. The fraction of sp³-hybridized carbons (Fsp3) is 0.478. The molecule has 162 valence electrons. The zero-order valence-corrected chi connectivity index (χ0v) is 18.3. The van der Waals surface area contributed by atoms with E-state index in [9.17, 15) is 4.39 Å². The van der Waals surface area contributed by atoms with Crippen molar-refractivity contribution in [2.24, 2.45) is 4.99 Å². The van der Waals surface area contributed by atoms with E-state index in [4.69, 9.17) is 4.74 Å². The van der Waals surface area contributed by atoms with Crippen molar-refractivity contribution in [3.05, 3.63) is 59.5 Å². The third-order valence-electron chi connectivity index (χ3n) is 5.36. The SMILES string of the molecule is CN=C(NCc1ccc(N2CCOC(C)C2)nc1)NCC(C)(C)c1cccc(F)c1. The molecule has 0 aliphatic carbocycles. The highest BCUT2D eigenvalue weighted by molar-refractivity contribution is 5.79. The average molecular weight is 414 g/mol. The maximum absolute atomic E-state index is 13.6. The van der Waals surface area contributed by atoms with Crippen LogP contribution in [0.2, 0.25) is 0 Å². The number of anilines is 1. The third-order valence-corrected chi connectivity index (χ3v) is 5.36. The van der Waals surface area contributed by atoms with Crippen molar-refractivity contribution in [3.63, 3.8) is 0 Å². The molecule has 1 atom stereocenters. The van der Waals surface area contributed by atoms with Crippen LogP contribution in [0.3, 0.4) is 0 Å². The molecule has 0 saturated carbocycles. The number of halogens is 1. The van der Waals surface area contributed by atoms with Crippen LogP contribution in [0.5, 0.6) is 0 Å². The van der Waals surface area contributed by atoms with Gasteiger partial charge in [0.1, 0.15) is 11.6 Å². The van der Waals surface area contributed by atoms with E-state index in [0.29, 0.717) is 19.0 Å². The van der Waals surface area contributed by atoms with Crippen LogP contribution < -0.4 is 15.5 Å². The van der Waals surface area contributed by atoms with Crippen LogP contribution in [0.15, 0.2) is 47.6 Å². The summed E-state index contributed by atoms with van der Waals surface area (Å²) in [6, 6.07) is 10.9. The standard InChI is InChI=1S/C23H32FN5O/c1-17-15-29(10-11-30-17)21-9-8-18(13-26-21)14-27-22(25-4)28-16-23(2,3)19-6-5-7-20(24)12-19/h5-9,12-13,17H,10-11,14-16H2,1-4H3,(H2,25,27,28). The minimum atomic E-state index is -0.238. The second-order valence-corrected chi connectivity index (χ2v) is 8.33. The van der Waals surface area contributed by atoms with Crippen molar-refractivity contribution in [3.8, 4) is 0 Å². The molecule has 2 N–H and O–H groups in total. The van der Waals surface area contributed by atoms with Crippen molar-refractivity contribution >= 4 is 11.8 Å². The van der Waals surface area contributed by atoms with Crippen molar-refractivity contribution in [2.75, 3.05) is 38.2 Å². The summed E-state index contributed by atoms with van der Waals surface area (Å²) < 4.78 is 19.2. The summed E-state index contributed by atoms with van der Waals surface area (Å²) in [5, 5.41) is 6.66. The minimum absolute atomic E-state index is 0.217. The van der Waals surface area contributed by atoms with Gasteiger partial charge < -0.3 is 20.3 Å². The molecule has 30 heavy (non-hydrogen) atoms. The highest BCUT2D eigenvalue weighted by Gasteiger charge is 2.21. The molecule has 1 fully saturated rings. The molecule has 0 bridgehead atoms. The van der Waals surface area contributed by atoms with Crippen LogP contribution in [-0.2, 0) is 16.7 Å². The van der Waals surface area contributed by atoms with Crippen LogP contribution in [-0.4, -0.2) is 50.3 Å². The van der Waals surface area contributed by atoms with Crippen molar-refractivity contribution in [2.45, 2.75) is 38.8 Å². The fourth-order valence-electron chi connectivity index (χ4n) is 3.46. The Morgan fingerprint density at radius 3 is 2.80 bits per heavy atom. The molecule has 0 radical (unpaired) electrons. The Morgan fingerprint density at radius 1 is 1.30 bits per heavy atom. The van der Waals surface area contributed by atoms with Crippen LogP contribution in [0.4, 0.5) is 10.2 Å². The van der Waals surface area contributed by atoms with Crippen LogP contribution >= 0.6 is 0 Å². The first kappa shape index (κ1) is 22.0. The van der Waals surface area contributed by atoms with Gasteiger partial charge in [0.2, 0.25) is 0 Å². The first-order valence-electron chi connectivity index (χ1n) is 10.4. The number of rotatable bonds is 6. The summed E-state index contributed by atoms with van der Waals surface area (Å²) in [7, 11) is 1.74. The third kappa shape index (κ3) is 5.92. The Balaban J connectivity index is 1.51. The van der Waals surface area contributed by atoms with E-state index in [0.717, 1.165) is 36.6 Å². The summed E-state index contributed by atoms with van der Waals surface area (Å²) in [6.45, 7) is 9.96. The second-order valence-electron chi connectivity index (χ2n) is 8.33. The summed E-state index contributed by atoms with van der Waals surface area (Å²) in [6.07, 6.45) is 2.12. The maximum atomic E-state index is 13.6. The first-order valence-corrected chi connectivity index (χ1v) is 10.4. The molecule has 1 unspecified atom stereocenters. The molecule has 1 aliphatic rings. The number of nitrogens with zero attached hydrogens (tertiary/aromatic N) is 3. The summed E-state index contributed by atoms with van der Waals surface area (Å²) >= 11 is 0. The lowest BCUT2D eigenvalue weighted by molar-refractivity contribution is 0.0529. The number of hydrogen-bond acceptors (Lipinski definition) is 4. The number of ether oxygens (including phenoxy) is 1. The number of pyridine rings is 1. The van der Waals surface area contributed by atoms with E-state index in [2.05, 4.69) is 58.4 Å². The van der Waals surface area contributed by atoms with Crippen molar-refractivity contribution in [1.29, 1.82) is 0 Å². The van der Waals surface area contributed by atoms with E-state index in [1.54, 1.807) is 19.2 Å². The molecule has 7 heteroatoms. The second kappa shape index (κ2) is 9.89. The summed E-state index contributed by atoms with van der Waals surface area (Å²) in [5.74, 6) is 1.46. The summed E-state index contributed by atoms with van der Waals surface area (Å²) in [5.41, 5.74) is 1.79. The van der Waals surface area contributed by atoms with Gasteiger partial charge in [-0.05, 0) is 36.2 Å². The van der Waals surface area contributed by atoms with Gasteiger partial charge in [-0.2, -0.15) is 0 Å². The predicted octanol–water partition coefficient (Wildman–Crippen LogP) is 3.09. The van der Waals surface area contributed by atoms with Gasteiger partial charge in [-0.15, -0.1) is 0 Å². The zero-order chi connectivity index (χ0) is 21.6. The zero-order valence-electron chi connectivity index (χ0n) is 18.3. The number of nitrogens with one attached hydrogen (secondary N) is 2. The lowest BCUT2D eigenvalue weighted by Crippen LogP contribution is -2.43. The monoisotopic (exact) mass is 413 g/mol. The Morgan fingerprint density at radius 2 is 2.13 bits per heavy atom. The molecular weight excluding hydrogens is 381 g/mol. The number of guanidine groups is 1. The Hall–Kier alpha value is -2.67. The minimum Gasteiger partial charge on any atom is -0.375 e. The Labute approximate surface area is 178 Å². The smallest absolute Gasteiger partial charge is 0.191 e. The van der Waals surface area contributed by atoms with E-state index in [-0.39, 0.29) is 17.3 Å². The van der Waals surface area contributed by atoms with Gasteiger partial charge in [-0.25, -0.2) is 9.37 Å². The van der Waals surface area contributed by atoms with E-state index in [1.807, 2.05) is 12.3 Å². The molecule has 1 aliphatic heterocycles. The number of benzene rings is 1. The highest BCUT2D eigenvalue weighted by Crippen LogP contribution is 2.22. The average Bonchev–Trinajstić information content (AvgIpc) is 2.74. The molecule has 1 aromatic heterocycles. The molecule has 6 nitrogen and oxygen atoms in total. The lowest BCUT2D eigenvalue weighted by atomic mass is 9.84. The van der Waals surface area contributed by atoms with Gasteiger partial charge in [0.05, 0.1) is 12.7 Å². The first-order chi connectivity index (χ1) is 14.4. The Bertz CT molecular complexity index is 853. The quantitative estimate of drug-likeness (QED) is 0.563. The number of morpholine rings is 1. The molecule has 1 aromatic carbocycles. The van der Waals surface area contributed by atoms with Crippen molar-refractivity contribution in [1.82, 2.24) is 15.6 Å². The predicted molar refractivity (Wildman–Crippen MR) is 119 cm³/mol. The molecule has 2 aromatic rings. The van der Waals surface area contributed by atoms with E-state index in [1.165, 1.54) is 6.07 Å². The molecule has 0 spiro atoms. The van der Waals surface area contributed by atoms with Crippen LogP contribution in [0.1, 0.15) is 31.9 Å². The highest BCUT2D eigenvalue weighted by atomic mass is 19.1. The Kier molecular flexibility index (Phi) is 7.26. The number of hydrogen-bond donors (Lipinski definition) is 2. The van der Waals surface area contributed by atoms with Gasteiger partial charge in [0.15, 0.2) is 5.96 Å². The largest absolute Gasteiger partial charge is 0.375 e. The van der Waals surface area contributed by atoms with E-state index >= 15 is 0 Å². The van der Waals surface area contributed by atoms with Crippen molar-refractivity contribution < 1.29 is 9.13 Å². The van der Waals surface area contributed by atoms with Gasteiger partial charge in [-0.1, -0.05) is 32.0 Å². The van der Waals surface area contributed by atoms with E-state index < -0.39 is 0 Å². The number of aliphatic imine (C=N–C) groups is 1. The molecule has 2 heterocycles. The molecule has 3 rings (SSSR count). The van der Waals surface area contributed by atoms with Crippen LogP contribution in [0.25, 0.3) is 0 Å². The maximum Gasteiger partial charge on any atom is 0.191 e. The number of aromatic nitrogens is 1. The molecular formula is C23H32FN5O. The lowest BCUT2D eigenvalue weighted by Gasteiger charge is -2.32. The topological polar surface area (TPSA) is 61.8 Å². The van der Waals surface area contributed by atoms with Gasteiger partial charge in [-0.3, -0.25) is 4.99 Å². The van der Waals surface area contributed by atoms with Gasteiger partial charge in [0.25, 0.3) is 0 Å². The van der Waals surface area contributed by atoms with Gasteiger partial charge >= 0.3 is 0 Å². The molecule has 1 saturated heterocycles. The fourth-order valence-corrected chi connectivity index (χ4v) is 3.46. The summed E-state index contributed by atoms with van der Waals surface area (Å²) in [4.78, 5) is 11.2. The molecule has 0 amide bonds. The van der Waals surface area contributed by atoms with Crippen LogP contribution in [0, 0.1) is 5.82 Å².